The fraction of sp³-hybridized carbons (Fsp3) is 0. The zero-order valence-corrected chi connectivity index (χ0v) is 19.0. The van der Waals surface area contributed by atoms with Crippen LogP contribution in [0.15, 0.2) is 103 Å². The van der Waals surface area contributed by atoms with E-state index in [1.807, 2.05) is 60.7 Å². The van der Waals surface area contributed by atoms with Crippen molar-refractivity contribution in [2.45, 2.75) is 0 Å². The Morgan fingerprint density at radius 2 is 1.61 bits per heavy atom. The van der Waals surface area contributed by atoms with Gasteiger partial charge in [0.1, 0.15) is 17.3 Å². The molecule has 3 aromatic carbocycles. The van der Waals surface area contributed by atoms with E-state index in [2.05, 4.69) is 31.5 Å². The Morgan fingerprint density at radius 3 is 2.50 bits per heavy atom. The first kappa shape index (κ1) is 21.1. The first-order chi connectivity index (χ1) is 17.7. The minimum absolute atomic E-state index is 0.540. The molecule has 0 saturated heterocycles. The van der Waals surface area contributed by atoms with Gasteiger partial charge in [-0.15, -0.1) is 0 Å². The summed E-state index contributed by atoms with van der Waals surface area (Å²) in [5.74, 6) is 2.00. The van der Waals surface area contributed by atoms with Gasteiger partial charge in [0.15, 0.2) is 5.69 Å². The highest BCUT2D eigenvalue weighted by molar-refractivity contribution is 6.09. The van der Waals surface area contributed by atoms with Crippen molar-refractivity contribution in [3.05, 3.63) is 120 Å². The van der Waals surface area contributed by atoms with Crippen molar-refractivity contribution in [1.29, 1.82) is 5.26 Å². The lowest BCUT2D eigenvalue weighted by Gasteiger charge is -2.10. The van der Waals surface area contributed by atoms with Gasteiger partial charge in [0.25, 0.3) is 0 Å². The van der Waals surface area contributed by atoms with Gasteiger partial charge in [-0.3, -0.25) is 9.55 Å². The van der Waals surface area contributed by atoms with Crippen LogP contribution >= 0.6 is 0 Å². The molecule has 3 heterocycles. The number of hydrogen-bond acceptors (Lipinski definition) is 4. The number of para-hydroxylation sites is 1. The Morgan fingerprint density at radius 1 is 0.778 bits per heavy atom. The summed E-state index contributed by atoms with van der Waals surface area (Å²) in [6.07, 6.45) is 3.29. The summed E-state index contributed by atoms with van der Waals surface area (Å²) in [7, 11) is 0. The van der Waals surface area contributed by atoms with E-state index in [9.17, 15) is 5.26 Å². The molecule has 36 heavy (non-hydrogen) atoms. The topological polar surface area (TPSA) is 68.1 Å². The van der Waals surface area contributed by atoms with Crippen molar-refractivity contribution in [3.63, 3.8) is 0 Å². The van der Waals surface area contributed by atoms with Crippen LogP contribution in [0.3, 0.4) is 0 Å². The van der Waals surface area contributed by atoms with Crippen molar-refractivity contribution < 1.29 is 4.74 Å². The van der Waals surface area contributed by atoms with Crippen LogP contribution in [-0.4, -0.2) is 14.5 Å². The van der Waals surface area contributed by atoms with Crippen LogP contribution in [0.5, 0.6) is 11.5 Å². The van der Waals surface area contributed by atoms with Gasteiger partial charge >= 0.3 is 0 Å². The first-order valence-corrected chi connectivity index (χ1v) is 11.2. The second-order valence-electron chi connectivity index (χ2n) is 8.19. The maximum atomic E-state index is 9.40. The average molecular weight is 464 g/mol. The molecule has 0 fully saturated rings. The molecular formula is C30H17N5O. The van der Waals surface area contributed by atoms with Crippen LogP contribution in [0.4, 0.5) is 5.69 Å². The SMILES string of the molecule is [C-]#[N+]c1ccnc(-c2cccc(Oc3ccc4c5ccccc5n(-c5cc(C#N)ccn5)c4c3)c2)c1. The van der Waals surface area contributed by atoms with Crippen LogP contribution in [-0.2, 0) is 0 Å². The molecule has 168 valence electrons. The van der Waals surface area contributed by atoms with Crippen molar-refractivity contribution in [3.8, 4) is 34.6 Å². The number of rotatable bonds is 4. The number of fused-ring (bicyclic) bond motifs is 3. The van der Waals surface area contributed by atoms with Gasteiger partial charge in [0.05, 0.1) is 34.9 Å². The van der Waals surface area contributed by atoms with Gasteiger partial charge in [-0.1, -0.05) is 30.3 Å². The number of hydrogen-bond donors (Lipinski definition) is 0. The van der Waals surface area contributed by atoms with E-state index in [4.69, 9.17) is 11.3 Å². The fourth-order valence-electron chi connectivity index (χ4n) is 4.37. The second kappa shape index (κ2) is 8.72. The van der Waals surface area contributed by atoms with Crippen molar-refractivity contribution >= 4 is 27.5 Å². The third kappa shape index (κ3) is 3.69. The van der Waals surface area contributed by atoms with Crippen LogP contribution in [0.25, 0.3) is 43.7 Å². The number of aromatic nitrogens is 3. The lowest BCUT2D eigenvalue weighted by Crippen LogP contribution is -1.97. The Bertz CT molecular complexity index is 1860. The van der Waals surface area contributed by atoms with E-state index in [1.165, 1.54) is 0 Å². The molecule has 0 saturated carbocycles. The van der Waals surface area contributed by atoms with Gasteiger partial charge in [0.2, 0.25) is 0 Å². The zero-order chi connectivity index (χ0) is 24.5. The summed E-state index contributed by atoms with van der Waals surface area (Å²) in [6.45, 7) is 7.25. The van der Waals surface area contributed by atoms with Gasteiger partial charge in [0, 0.05) is 34.8 Å². The Balaban J connectivity index is 1.45. The van der Waals surface area contributed by atoms with Gasteiger partial charge in [-0.25, -0.2) is 9.83 Å². The molecule has 0 amide bonds. The molecule has 0 spiro atoms. The monoisotopic (exact) mass is 463 g/mol. The highest BCUT2D eigenvalue weighted by Gasteiger charge is 2.14. The Labute approximate surface area is 207 Å². The maximum absolute atomic E-state index is 9.40. The Hall–Kier alpha value is -5.46. The average Bonchev–Trinajstić information content (AvgIpc) is 3.27. The summed E-state index contributed by atoms with van der Waals surface area (Å²) in [5.41, 5.74) is 4.60. The molecule has 0 unspecified atom stereocenters. The quantitative estimate of drug-likeness (QED) is 0.255. The molecule has 6 nitrogen and oxygen atoms in total. The predicted octanol–water partition coefficient (Wildman–Crippen LogP) is 7.46. The molecule has 6 heteroatoms. The molecule has 0 aliphatic heterocycles. The minimum atomic E-state index is 0.540. The van der Waals surface area contributed by atoms with Crippen LogP contribution in [0, 0.1) is 17.9 Å². The normalized spacial score (nSPS) is 10.7. The maximum Gasteiger partial charge on any atom is 0.190 e. The van der Waals surface area contributed by atoms with Crippen molar-refractivity contribution in [1.82, 2.24) is 14.5 Å². The number of pyridine rings is 2. The van der Waals surface area contributed by atoms with Crippen molar-refractivity contribution in [2.24, 2.45) is 0 Å². The zero-order valence-electron chi connectivity index (χ0n) is 19.0. The van der Waals surface area contributed by atoms with Gasteiger partial charge in [-0.05, 0) is 54.6 Å². The molecule has 6 rings (SSSR count). The molecule has 0 N–H and O–H groups in total. The second-order valence-corrected chi connectivity index (χ2v) is 8.19. The molecule has 0 atom stereocenters. The van der Waals surface area contributed by atoms with Crippen LogP contribution in [0.2, 0.25) is 0 Å². The first-order valence-electron chi connectivity index (χ1n) is 11.2. The van der Waals surface area contributed by atoms with E-state index < -0.39 is 0 Å². The summed E-state index contributed by atoms with van der Waals surface area (Å²) >= 11 is 0. The Kier molecular flexibility index (Phi) is 5.11. The number of nitrogens with zero attached hydrogens (tertiary/aromatic N) is 5. The molecule has 3 aromatic heterocycles. The van der Waals surface area contributed by atoms with Crippen molar-refractivity contribution in [2.75, 3.05) is 0 Å². The van der Waals surface area contributed by atoms with E-state index in [1.54, 1.807) is 36.7 Å². The summed E-state index contributed by atoms with van der Waals surface area (Å²) < 4.78 is 8.31. The number of nitriles is 1. The number of benzene rings is 3. The lowest BCUT2D eigenvalue weighted by molar-refractivity contribution is 0.483. The van der Waals surface area contributed by atoms with Crippen LogP contribution in [0.1, 0.15) is 5.56 Å². The predicted molar refractivity (Wildman–Crippen MR) is 139 cm³/mol. The molecule has 0 radical (unpaired) electrons. The van der Waals surface area contributed by atoms with Gasteiger partial charge < -0.3 is 4.74 Å². The summed E-state index contributed by atoms with van der Waals surface area (Å²) in [4.78, 5) is 12.4. The van der Waals surface area contributed by atoms with Crippen LogP contribution < -0.4 is 4.74 Å². The van der Waals surface area contributed by atoms with Gasteiger partial charge in [-0.2, -0.15) is 5.26 Å². The molecule has 6 aromatic rings. The minimum Gasteiger partial charge on any atom is -0.457 e. The highest BCUT2D eigenvalue weighted by Crippen LogP contribution is 2.35. The van der Waals surface area contributed by atoms with E-state index in [-0.39, 0.29) is 0 Å². The smallest absolute Gasteiger partial charge is 0.190 e. The van der Waals surface area contributed by atoms with E-state index in [0.717, 1.165) is 27.4 Å². The number of ether oxygens (including phenoxy) is 1. The molecule has 0 aliphatic carbocycles. The third-order valence-corrected chi connectivity index (χ3v) is 5.99. The molecule has 0 aliphatic rings. The lowest BCUT2D eigenvalue weighted by atomic mass is 10.1. The fourth-order valence-corrected chi connectivity index (χ4v) is 4.37. The van der Waals surface area contributed by atoms with E-state index in [0.29, 0.717) is 34.3 Å². The highest BCUT2D eigenvalue weighted by atomic mass is 16.5. The molecular weight excluding hydrogens is 446 g/mol. The summed E-state index contributed by atoms with van der Waals surface area (Å²) in [6, 6.07) is 30.9. The molecule has 0 bridgehead atoms. The summed E-state index contributed by atoms with van der Waals surface area (Å²) in [5, 5.41) is 11.6. The third-order valence-electron chi connectivity index (χ3n) is 5.99. The standard InChI is InChI=1S/C30H17N5O/c1-32-22-12-14-33-27(17-22)21-5-4-6-23(16-21)36-24-9-10-26-25-7-2-3-8-28(25)35(29(26)18-24)30-15-20(19-31)11-13-34-30/h2-18H. The largest absolute Gasteiger partial charge is 0.457 e. The van der Waals surface area contributed by atoms with E-state index >= 15 is 0 Å².